The lowest BCUT2D eigenvalue weighted by Gasteiger charge is -2.38. The third-order valence-electron chi connectivity index (χ3n) is 3.13. The summed E-state index contributed by atoms with van der Waals surface area (Å²) in [4.78, 5) is 4.07. The fourth-order valence-corrected chi connectivity index (χ4v) is 1.93. The second kappa shape index (κ2) is 4.92. The molecule has 0 amide bonds. The maximum absolute atomic E-state index is 13.1. The van der Waals surface area contributed by atoms with Crippen molar-refractivity contribution in [1.29, 1.82) is 0 Å². The van der Waals surface area contributed by atoms with E-state index in [1.54, 1.807) is 0 Å². The highest BCUT2D eigenvalue weighted by Crippen LogP contribution is 2.21. The fourth-order valence-electron chi connectivity index (χ4n) is 1.93. The van der Waals surface area contributed by atoms with Crippen LogP contribution in [0.15, 0.2) is 22.7 Å². The van der Waals surface area contributed by atoms with Gasteiger partial charge in [-0.05, 0) is 19.1 Å². The molecule has 1 aromatic carbocycles. The van der Waals surface area contributed by atoms with Crippen molar-refractivity contribution in [3.63, 3.8) is 0 Å². The number of halogens is 2. The van der Waals surface area contributed by atoms with E-state index in [1.165, 1.54) is 0 Å². The van der Waals surface area contributed by atoms with Crippen molar-refractivity contribution in [2.24, 2.45) is 0 Å². The molecule has 0 atom stereocenters. The molecule has 0 radical (unpaired) electrons. The molecule has 1 aliphatic heterocycles. The predicted molar refractivity (Wildman–Crippen MR) is 65.7 cm³/mol. The Bertz CT molecular complexity index is 606. The van der Waals surface area contributed by atoms with E-state index in [0.717, 1.165) is 31.3 Å². The summed E-state index contributed by atoms with van der Waals surface area (Å²) in [6.45, 7) is 3.68. The molecule has 106 valence electrons. The molecule has 1 N–H and O–H groups in total. The van der Waals surface area contributed by atoms with Crippen molar-refractivity contribution in [3.05, 3.63) is 35.7 Å². The SMILES string of the molecule is CC1(OCc2nc(-c3cc(F)cc(F)c3)no2)CNC1. The lowest BCUT2D eigenvalue weighted by molar-refractivity contribution is -0.0841. The average Bonchev–Trinajstić information content (AvgIpc) is 2.81. The van der Waals surface area contributed by atoms with Crippen LogP contribution in [0.1, 0.15) is 12.8 Å². The van der Waals surface area contributed by atoms with Gasteiger partial charge in [0.2, 0.25) is 5.82 Å². The van der Waals surface area contributed by atoms with Crippen molar-refractivity contribution >= 4 is 0 Å². The molecular formula is C13H13F2N3O2. The van der Waals surface area contributed by atoms with Crippen LogP contribution in [0.3, 0.4) is 0 Å². The number of hydrogen-bond acceptors (Lipinski definition) is 5. The number of nitrogens with one attached hydrogen (secondary N) is 1. The molecule has 0 spiro atoms. The maximum Gasteiger partial charge on any atom is 0.252 e. The van der Waals surface area contributed by atoms with Crippen LogP contribution in [0.5, 0.6) is 0 Å². The van der Waals surface area contributed by atoms with Crippen LogP contribution < -0.4 is 5.32 Å². The summed E-state index contributed by atoms with van der Waals surface area (Å²) in [5.74, 6) is -0.956. The molecule has 20 heavy (non-hydrogen) atoms. The Morgan fingerprint density at radius 2 is 2.00 bits per heavy atom. The third kappa shape index (κ3) is 2.68. The second-order valence-corrected chi connectivity index (χ2v) is 5.01. The van der Waals surface area contributed by atoms with Crippen LogP contribution in [-0.2, 0) is 11.3 Å². The summed E-state index contributed by atoms with van der Waals surface area (Å²) < 4.78 is 36.9. The Labute approximate surface area is 113 Å². The van der Waals surface area contributed by atoms with Gasteiger partial charge in [-0.2, -0.15) is 4.98 Å². The number of ether oxygens (including phenoxy) is 1. The van der Waals surface area contributed by atoms with E-state index >= 15 is 0 Å². The minimum Gasteiger partial charge on any atom is -0.363 e. The number of rotatable bonds is 4. The first-order valence-electron chi connectivity index (χ1n) is 6.18. The summed E-state index contributed by atoms with van der Waals surface area (Å²) in [5, 5.41) is 6.80. The normalized spacial score (nSPS) is 16.9. The van der Waals surface area contributed by atoms with Crippen LogP contribution in [0.2, 0.25) is 0 Å². The minimum atomic E-state index is -0.685. The van der Waals surface area contributed by atoms with Crippen molar-refractivity contribution in [1.82, 2.24) is 15.5 Å². The number of aromatic nitrogens is 2. The zero-order valence-electron chi connectivity index (χ0n) is 10.8. The summed E-state index contributed by atoms with van der Waals surface area (Å²) in [7, 11) is 0. The lowest BCUT2D eigenvalue weighted by atomic mass is 10.0. The van der Waals surface area contributed by atoms with Gasteiger partial charge in [0, 0.05) is 24.7 Å². The largest absolute Gasteiger partial charge is 0.363 e. The zero-order chi connectivity index (χ0) is 14.2. The molecular weight excluding hydrogens is 268 g/mol. The number of benzene rings is 1. The zero-order valence-corrected chi connectivity index (χ0v) is 10.8. The molecule has 7 heteroatoms. The van der Waals surface area contributed by atoms with Gasteiger partial charge in [0.15, 0.2) is 0 Å². The Morgan fingerprint density at radius 3 is 2.60 bits per heavy atom. The minimum absolute atomic E-state index is 0.138. The van der Waals surface area contributed by atoms with Crippen molar-refractivity contribution < 1.29 is 18.0 Å². The highest BCUT2D eigenvalue weighted by Gasteiger charge is 2.33. The molecule has 0 saturated carbocycles. The van der Waals surface area contributed by atoms with E-state index < -0.39 is 11.6 Å². The van der Waals surface area contributed by atoms with Crippen LogP contribution >= 0.6 is 0 Å². The number of nitrogens with zero attached hydrogens (tertiary/aromatic N) is 2. The molecule has 2 aromatic rings. The van der Waals surface area contributed by atoms with Gasteiger partial charge >= 0.3 is 0 Å². The standard InChI is InChI=1S/C13H13F2N3O2/c1-13(6-16-7-13)19-5-11-17-12(18-20-11)8-2-9(14)4-10(15)3-8/h2-4,16H,5-7H2,1H3. The third-order valence-corrected chi connectivity index (χ3v) is 3.13. The van der Waals surface area contributed by atoms with Gasteiger partial charge in [-0.1, -0.05) is 5.16 Å². The summed E-state index contributed by atoms with van der Waals surface area (Å²) in [5.41, 5.74) is 0.00795. The Kier molecular flexibility index (Phi) is 3.23. The van der Waals surface area contributed by atoms with E-state index in [-0.39, 0.29) is 29.5 Å². The van der Waals surface area contributed by atoms with Gasteiger partial charge < -0.3 is 14.6 Å². The van der Waals surface area contributed by atoms with E-state index in [9.17, 15) is 8.78 Å². The molecule has 1 aromatic heterocycles. The summed E-state index contributed by atoms with van der Waals surface area (Å²) in [6, 6.07) is 3.09. The van der Waals surface area contributed by atoms with Crippen molar-refractivity contribution in [2.75, 3.05) is 13.1 Å². The summed E-state index contributed by atoms with van der Waals surface area (Å²) >= 11 is 0. The topological polar surface area (TPSA) is 60.2 Å². The maximum atomic E-state index is 13.1. The average molecular weight is 281 g/mol. The second-order valence-electron chi connectivity index (χ2n) is 5.01. The first-order chi connectivity index (χ1) is 9.54. The fraction of sp³-hybridized carbons (Fsp3) is 0.385. The molecule has 2 heterocycles. The van der Waals surface area contributed by atoms with Gasteiger partial charge in [-0.25, -0.2) is 8.78 Å². The molecule has 0 bridgehead atoms. The highest BCUT2D eigenvalue weighted by atomic mass is 19.1. The van der Waals surface area contributed by atoms with Crippen LogP contribution in [0.4, 0.5) is 8.78 Å². The molecule has 5 nitrogen and oxygen atoms in total. The predicted octanol–water partition coefficient (Wildman–Crippen LogP) is 1.89. The molecule has 1 aliphatic rings. The van der Waals surface area contributed by atoms with Gasteiger partial charge in [0.25, 0.3) is 5.89 Å². The van der Waals surface area contributed by atoms with E-state index in [4.69, 9.17) is 9.26 Å². The van der Waals surface area contributed by atoms with Crippen molar-refractivity contribution in [3.8, 4) is 11.4 Å². The summed E-state index contributed by atoms with van der Waals surface area (Å²) in [6.07, 6.45) is 0. The molecule has 1 fully saturated rings. The van der Waals surface area contributed by atoms with Crippen LogP contribution in [0.25, 0.3) is 11.4 Å². The molecule has 3 rings (SSSR count). The first-order valence-corrected chi connectivity index (χ1v) is 6.18. The van der Waals surface area contributed by atoms with Gasteiger partial charge in [-0.15, -0.1) is 0 Å². The number of hydrogen-bond donors (Lipinski definition) is 1. The van der Waals surface area contributed by atoms with Crippen LogP contribution in [0, 0.1) is 11.6 Å². The highest BCUT2D eigenvalue weighted by molar-refractivity contribution is 5.54. The Balaban J connectivity index is 1.72. The smallest absolute Gasteiger partial charge is 0.252 e. The lowest BCUT2D eigenvalue weighted by Crippen LogP contribution is -2.58. The quantitative estimate of drug-likeness (QED) is 0.927. The van der Waals surface area contributed by atoms with E-state index in [0.29, 0.717) is 0 Å². The van der Waals surface area contributed by atoms with Gasteiger partial charge in [0.1, 0.15) is 18.2 Å². The Hall–Kier alpha value is -1.86. The molecule has 0 unspecified atom stereocenters. The first kappa shape index (κ1) is 13.1. The van der Waals surface area contributed by atoms with Gasteiger partial charge in [0.05, 0.1) is 5.60 Å². The Morgan fingerprint density at radius 1 is 1.30 bits per heavy atom. The van der Waals surface area contributed by atoms with Crippen LogP contribution in [-0.4, -0.2) is 28.8 Å². The van der Waals surface area contributed by atoms with Crippen molar-refractivity contribution in [2.45, 2.75) is 19.1 Å². The van der Waals surface area contributed by atoms with E-state index in [1.807, 2.05) is 6.92 Å². The molecule has 1 saturated heterocycles. The van der Waals surface area contributed by atoms with E-state index in [2.05, 4.69) is 15.5 Å². The molecule has 0 aliphatic carbocycles. The monoisotopic (exact) mass is 281 g/mol. The van der Waals surface area contributed by atoms with Gasteiger partial charge in [-0.3, -0.25) is 0 Å².